The van der Waals surface area contributed by atoms with E-state index in [-0.39, 0.29) is 0 Å². The molecule has 0 saturated heterocycles. The van der Waals surface area contributed by atoms with E-state index in [1.165, 1.54) is 5.56 Å². The van der Waals surface area contributed by atoms with Crippen molar-refractivity contribution in [2.24, 2.45) is 0 Å². The Hall–Kier alpha value is -2.47. The van der Waals surface area contributed by atoms with Gasteiger partial charge in [-0.05, 0) is 30.5 Å². The minimum atomic E-state index is 0.672. The van der Waals surface area contributed by atoms with E-state index >= 15 is 0 Å². The molecule has 0 spiro atoms. The van der Waals surface area contributed by atoms with Crippen molar-refractivity contribution in [3.05, 3.63) is 60.2 Å². The lowest BCUT2D eigenvalue weighted by Gasteiger charge is -2.07. The van der Waals surface area contributed by atoms with Crippen LogP contribution >= 0.6 is 0 Å². The Morgan fingerprint density at radius 1 is 1.05 bits per heavy atom. The summed E-state index contributed by atoms with van der Waals surface area (Å²) in [4.78, 5) is 0. The monoisotopic (exact) mass is 252 g/mol. The molecule has 0 amide bonds. The van der Waals surface area contributed by atoms with Gasteiger partial charge in [0.25, 0.3) is 0 Å². The lowest BCUT2D eigenvalue weighted by molar-refractivity contribution is 0.311. The lowest BCUT2D eigenvalue weighted by Crippen LogP contribution is -1.99. The number of anilines is 1. The molecule has 0 bridgehead atoms. The van der Waals surface area contributed by atoms with Crippen LogP contribution in [0.15, 0.2) is 54.6 Å². The average Bonchev–Trinajstić information content (AvgIpc) is 2.46. The number of hydrogen-bond donors (Lipinski definition) is 1. The van der Waals surface area contributed by atoms with E-state index < -0.39 is 0 Å². The second-order valence-electron chi connectivity index (χ2n) is 4.20. The molecule has 0 radical (unpaired) electrons. The van der Waals surface area contributed by atoms with Crippen LogP contribution in [0.5, 0.6) is 5.75 Å². The van der Waals surface area contributed by atoms with Gasteiger partial charge < -0.3 is 4.74 Å². The molecule has 0 fully saturated rings. The highest BCUT2D eigenvalue weighted by molar-refractivity contribution is 5.50. The fourth-order valence-electron chi connectivity index (χ4n) is 1.84. The van der Waals surface area contributed by atoms with Gasteiger partial charge in [-0.15, -0.1) is 0 Å². The number of ether oxygens (including phenoxy) is 1. The van der Waals surface area contributed by atoms with Gasteiger partial charge in [-0.3, -0.25) is 5.32 Å². The minimum Gasteiger partial charge on any atom is -0.494 e. The largest absolute Gasteiger partial charge is 0.494 e. The molecule has 0 heterocycles. The van der Waals surface area contributed by atoms with Gasteiger partial charge in [-0.2, -0.15) is 5.26 Å². The first kappa shape index (κ1) is 13.0. The average molecular weight is 252 g/mol. The maximum absolute atomic E-state index is 8.55. The van der Waals surface area contributed by atoms with Gasteiger partial charge in [0.15, 0.2) is 6.19 Å². The third kappa shape index (κ3) is 4.36. The highest BCUT2D eigenvalue weighted by Crippen LogP contribution is 2.17. The summed E-state index contributed by atoms with van der Waals surface area (Å²) in [6.07, 6.45) is 3.88. The molecule has 2 rings (SSSR count). The van der Waals surface area contributed by atoms with Crippen LogP contribution in [-0.4, -0.2) is 6.61 Å². The Labute approximate surface area is 113 Å². The molecule has 0 saturated carbocycles. The van der Waals surface area contributed by atoms with E-state index in [2.05, 4.69) is 17.4 Å². The van der Waals surface area contributed by atoms with E-state index in [9.17, 15) is 0 Å². The quantitative estimate of drug-likeness (QED) is 0.485. The van der Waals surface area contributed by atoms with Crippen LogP contribution in [0.4, 0.5) is 5.69 Å². The maximum Gasteiger partial charge on any atom is 0.181 e. The van der Waals surface area contributed by atoms with E-state index in [1.54, 1.807) is 0 Å². The summed E-state index contributed by atoms with van der Waals surface area (Å²) >= 11 is 0. The van der Waals surface area contributed by atoms with Gasteiger partial charge in [0.2, 0.25) is 0 Å². The highest BCUT2D eigenvalue weighted by Gasteiger charge is 1.97. The van der Waals surface area contributed by atoms with Crippen LogP contribution < -0.4 is 10.1 Å². The summed E-state index contributed by atoms with van der Waals surface area (Å²) < 4.78 is 5.67. The third-order valence-corrected chi connectivity index (χ3v) is 2.76. The summed E-state index contributed by atoms with van der Waals surface area (Å²) in [6, 6.07) is 17.8. The topological polar surface area (TPSA) is 45.0 Å². The summed E-state index contributed by atoms with van der Waals surface area (Å²) in [7, 11) is 0. The van der Waals surface area contributed by atoms with Crippen molar-refractivity contribution < 1.29 is 4.74 Å². The van der Waals surface area contributed by atoms with Crippen molar-refractivity contribution in [2.45, 2.75) is 12.8 Å². The van der Waals surface area contributed by atoms with Crippen LogP contribution in [0.1, 0.15) is 12.0 Å². The lowest BCUT2D eigenvalue weighted by atomic mass is 10.1. The predicted molar refractivity (Wildman–Crippen MR) is 75.9 cm³/mol. The van der Waals surface area contributed by atoms with Crippen LogP contribution in [-0.2, 0) is 6.42 Å². The van der Waals surface area contributed by atoms with Crippen molar-refractivity contribution in [1.29, 1.82) is 5.26 Å². The molecule has 0 aromatic heterocycles. The van der Waals surface area contributed by atoms with Crippen molar-refractivity contribution in [3.63, 3.8) is 0 Å². The molecule has 2 aromatic carbocycles. The molecule has 0 aliphatic heterocycles. The van der Waals surface area contributed by atoms with E-state index in [0.717, 1.165) is 24.3 Å². The molecule has 1 N–H and O–H groups in total. The van der Waals surface area contributed by atoms with E-state index in [1.807, 2.05) is 48.7 Å². The number of aryl methyl sites for hydroxylation is 1. The Bertz CT molecular complexity index is 546. The molecule has 3 heteroatoms. The summed E-state index contributed by atoms with van der Waals surface area (Å²) in [6.45, 7) is 0.672. The first-order valence-electron chi connectivity index (χ1n) is 6.30. The standard InChI is InChI=1S/C16H16N2O/c17-13-18-15-9-4-10-16(12-15)19-11-5-8-14-6-2-1-3-7-14/h1-4,6-7,9-10,12,18H,5,8,11H2. The molecule has 2 aromatic rings. The van der Waals surface area contributed by atoms with Crippen LogP contribution in [0, 0.1) is 11.5 Å². The number of benzene rings is 2. The van der Waals surface area contributed by atoms with Crippen LogP contribution in [0.3, 0.4) is 0 Å². The smallest absolute Gasteiger partial charge is 0.181 e. The maximum atomic E-state index is 8.55. The molecule has 0 aliphatic rings. The van der Waals surface area contributed by atoms with E-state index in [4.69, 9.17) is 10.00 Å². The summed E-state index contributed by atoms with van der Waals surface area (Å²) in [5, 5.41) is 11.1. The summed E-state index contributed by atoms with van der Waals surface area (Å²) in [5.74, 6) is 0.785. The summed E-state index contributed by atoms with van der Waals surface area (Å²) in [5.41, 5.74) is 2.08. The zero-order valence-corrected chi connectivity index (χ0v) is 10.7. The molecule has 19 heavy (non-hydrogen) atoms. The number of nitrogens with one attached hydrogen (secondary N) is 1. The normalized spacial score (nSPS) is 9.63. The van der Waals surface area contributed by atoms with Gasteiger partial charge in [0.05, 0.1) is 12.3 Å². The number of nitrogens with zero attached hydrogens (tertiary/aromatic N) is 1. The number of nitriles is 1. The van der Waals surface area contributed by atoms with Crippen LogP contribution in [0.2, 0.25) is 0 Å². The molecule has 0 aliphatic carbocycles. The number of rotatable bonds is 6. The fraction of sp³-hybridized carbons (Fsp3) is 0.188. The molecule has 96 valence electrons. The second kappa shape index (κ2) is 7.07. The SMILES string of the molecule is N#CNc1cccc(OCCCc2ccccc2)c1. The number of hydrogen-bond acceptors (Lipinski definition) is 3. The molecule has 0 atom stereocenters. The Kier molecular flexibility index (Phi) is 4.83. The van der Waals surface area contributed by atoms with Gasteiger partial charge in [0.1, 0.15) is 5.75 Å². The van der Waals surface area contributed by atoms with Crippen molar-refractivity contribution in [1.82, 2.24) is 0 Å². The van der Waals surface area contributed by atoms with Gasteiger partial charge >= 0.3 is 0 Å². The molecular formula is C16H16N2O. The second-order valence-corrected chi connectivity index (χ2v) is 4.20. The highest BCUT2D eigenvalue weighted by atomic mass is 16.5. The first-order valence-corrected chi connectivity index (χ1v) is 6.30. The van der Waals surface area contributed by atoms with Gasteiger partial charge in [-0.25, -0.2) is 0 Å². The van der Waals surface area contributed by atoms with Gasteiger partial charge in [-0.1, -0.05) is 36.4 Å². The Morgan fingerprint density at radius 2 is 1.89 bits per heavy atom. The third-order valence-electron chi connectivity index (χ3n) is 2.76. The van der Waals surface area contributed by atoms with Crippen molar-refractivity contribution >= 4 is 5.69 Å². The Morgan fingerprint density at radius 3 is 2.68 bits per heavy atom. The predicted octanol–water partition coefficient (Wildman–Crippen LogP) is 3.59. The molecular weight excluding hydrogens is 236 g/mol. The molecule has 3 nitrogen and oxygen atoms in total. The minimum absolute atomic E-state index is 0.672. The zero-order chi connectivity index (χ0) is 13.3. The van der Waals surface area contributed by atoms with Crippen molar-refractivity contribution in [3.8, 4) is 11.9 Å². The van der Waals surface area contributed by atoms with Crippen molar-refractivity contribution in [2.75, 3.05) is 11.9 Å². The zero-order valence-electron chi connectivity index (χ0n) is 10.7. The fourth-order valence-corrected chi connectivity index (χ4v) is 1.84. The van der Waals surface area contributed by atoms with E-state index in [0.29, 0.717) is 6.61 Å². The van der Waals surface area contributed by atoms with Crippen LogP contribution in [0.25, 0.3) is 0 Å². The Balaban J connectivity index is 1.77. The first-order chi connectivity index (χ1) is 9.38. The van der Waals surface area contributed by atoms with Gasteiger partial charge in [0, 0.05) is 6.07 Å². The molecule has 0 unspecified atom stereocenters.